The maximum Gasteiger partial charge on any atom is 0.264 e. The van der Waals surface area contributed by atoms with E-state index in [0.29, 0.717) is 5.56 Å². The predicted octanol–water partition coefficient (Wildman–Crippen LogP) is 2.41. The summed E-state index contributed by atoms with van der Waals surface area (Å²) in [6.45, 7) is 1.37. The number of Topliss-reactive ketones (excluding diaryl/α,β-unsaturated/α-hetero) is 1. The van der Waals surface area contributed by atoms with E-state index in [1.165, 1.54) is 31.2 Å². The molecule has 0 amide bonds. The monoisotopic (exact) mass is 308 g/mol. The van der Waals surface area contributed by atoms with E-state index >= 15 is 0 Å². The van der Waals surface area contributed by atoms with Gasteiger partial charge in [0, 0.05) is 16.9 Å². The molecule has 0 radical (unpaired) electrons. The fourth-order valence-corrected chi connectivity index (χ4v) is 2.86. The van der Waals surface area contributed by atoms with Crippen LogP contribution in [0, 0.1) is 5.82 Å². The third-order valence-electron chi connectivity index (χ3n) is 2.77. The highest BCUT2D eigenvalue weighted by atomic mass is 32.2. The number of rotatable bonds is 4. The van der Waals surface area contributed by atoms with Crippen molar-refractivity contribution in [2.45, 2.75) is 11.8 Å². The van der Waals surface area contributed by atoms with Crippen molar-refractivity contribution >= 4 is 27.2 Å². The zero-order valence-electron chi connectivity index (χ0n) is 11.1. The second kappa shape index (κ2) is 5.53. The minimum Gasteiger partial charge on any atom is -0.399 e. The lowest BCUT2D eigenvalue weighted by Crippen LogP contribution is -2.15. The first kappa shape index (κ1) is 15.0. The molecule has 0 heterocycles. The van der Waals surface area contributed by atoms with Crippen LogP contribution in [0.2, 0.25) is 0 Å². The van der Waals surface area contributed by atoms with Crippen LogP contribution in [0.15, 0.2) is 47.4 Å². The van der Waals surface area contributed by atoms with E-state index in [0.717, 1.165) is 12.1 Å². The topological polar surface area (TPSA) is 89.3 Å². The van der Waals surface area contributed by atoms with Crippen molar-refractivity contribution < 1.29 is 17.6 Å². The van der Waals surface area contributed by atoms with Crippen molar-refractivity contribution in [3.8, 4) is 0 Å². The number of carbonyl (C=O) groups is 1. The summed E-state index contributed by atoms with van der Waals surface area (Å²) >= 11 is 0. The molecule has 0 bridgehead atoms. The van der Waals surface area contributed by atoms with Gasteiger partial charge in [0.05, 0.1) is 0 Å². The van der Waals surface area contributed by atoms with E-state index in [9.17, 15) is 17.6 Å². The van der Waals surface area contributed by atoms with Gasteiger partial charge in [-0.05, 0) is 37.3 Å². The molecule has 0 aliphatic carbocycles. The van der Waals surface area contributed by atoms with Gasteiger partial charge in [0.1, 0.15) is 10.7 Å². The number of nitrogen functional groups attached to an aromatic ring is 1. The van der Waals surface area contributed by atoms with E-state index in [1.807, 2.05) is 0 Å². The summed E-state index contributed by atoms with van der Waals surface area (Å²) in [4.78, 5) is 10.8. The summed E-state index contributed by atoms with van der Waals surface area (Å²) in [5.41, 5.74) is 6.05. The number of anilines is 2. The Morgan fingerprint density at radius 2 is 1.90 bits per heavy atom. The molecule has 0 aliphatic rings. The molecule has 0 saturated heterocycles. The lowest BCUT2D eigenvalue weighted by molar-refractivity contribution is 0.101. The Labute approximate surface area is 121 Å². The number of halogens is 1. The molecule has 21 heavy (non-hydrogen) atoms. The number of hydrogen-bond donors (Lipinski definition) is 2. The highest BCUT2D eigenvalue weighted by Gasteiger charge is 2.19. The number of nitrogens with two attached hydrogens (primary N) is 1. The maximum absolute atomic E-state index is 13.7. The third kappa shape index (κ3) is 3.38. The van der Waals surface area contributed by atoms with Crippen LogP contribution in [0.3, 0.4) is 0 Å². The van der Waals surface area contributed by atoms with Gasteiger partial charge in [-0.3, -0.25) is 9.52 Å². The minimum absolute atomic E-state index is 0.130. The lowest BCUT2D eigenvalue weighted by Gasteiger charge is -2.10. The molecule has 0 aromatic heterocycles. The SMILES string of the molecule is CC(=O)c1cccc(NS(=O)(=O)c2ccc(N)cc2F)c1. The van der Waals surface area contributed by atoms with Gasteiger partial charge in [0.25, 0.3) is 10.0 Å². The van der Waals surface area contributed by atoms with E-state index in [4.69, 9.17) is 5.73 Å². The van der Waals surface area contributed by atoms with Gasteiger partial charge in [-0.15, -0.1) is 0 Å². The molecular formula is C14H13FN2O3S. The van der Waals surface area contributed by atoms with Crippen LogP contribution in [0.5, 0.6) is 0 Å². The van der Waals surface area contributed by atoms with Gasteiger partial charge in [-0.2, -0.15) is 0 Å². The van der Waals surface area contributed by atoms with Crippen LogP contribution in [-0.2, 0) is 10.0 Å². The summed E-state index contributed by atoms with van der Waals surface area (Å²) < 4.78 is 40.2. The fraction of sp³-hybridized carbons (Fsp3) is 0.0714. The first-order valence-corrected chi connectivity index (χ1v) is 7.47. The number of carbonyl (C=O) groups excluding carboxylic acids is 1. The van der Waals surface area contributed by atoms with Crippen LogP contribution in [0.1, 0.15) is 17.3 Å². The number of hydrogen-bond acceptors (Lipinski definition) is 4. The summed E-state index contributed by atoms with van der Waals surface area (Å²) in [7, 11) is -4.10. The normalized spacial score (nSPS) is 11.1. The molecule has 0 aliphatic heterocycles. The molecule has 2 rings (SSSR count). The Morgan fingerprint density at radius 3 is 2.52 bits per heavy atom. The molecule has 2 aromatic rings. The Bertz CT molecular complexity index is 804. The second-order valence-corrected chi connectivity index (χ2v) is 6.08. The van der Waals surface area contributed by atoms with E-state index in [2.05, 4.69) is 4.72 Å². The van der Waals surface area contributed by atoms with Crippen molar-refractivity contribution in [1.29, 1.82) is 0 Å². The summed E-state index contributed by atoms with van der Waals surface area (Å²) in [6, 6.07) is 9.26. The van der Waals surface area contributed by atoms with Crippen LogP contribution in [-0.4, -0.2) is 14.2 Å². The van der Waals surface area contributed by atoms with Gasteiger partial charge in [-0.25, -0.2) is 12.8 Å². The quantitative estimate of drug-likeness (QED) is 0.670. The van der Waals surface area contributed by atoms with E-state index < -0.39 is 20.7 Å². The molecule has 0 atom stereocenters. The number of ketones is 1. The van der Waals surface area contributed by atoms with Crippen molar-refractivity contribution in [2.24, 2.45) is 0 Å². The first-order valence-electron chi connectivity index (χ1n) is 5.98. The lowest BCUT2D eigenvalue weighted by atomic mass is 10.1. The number of nitrogens with one attached hydrogen (secondary N) is 1. The maximum atomic E-state index is 13.7. The highest BCUT2D eigenvalue weighted by molar-refractivity contribution is 7.92. The largest absolute Gasteiger partial charge is 0.399 e. The third-order valence-corrected chi connectivity index (χ3v) is 4.18. The van der Waals surface area contributed by atoms with Crippen molar-refractivity contribution in [2.75, 3.05) is 10.5 Å². The molecule has 0 fully saturated rings. The summed E-state index contributed by atoms with van der Waals surface area (Å²) in [5.74, 6) is -1.14. The van der Waals surface area contributed by atoms with Crippen molar-refractivity contribution in [3.05, 3.63) is 53.8 Å². The Morgan fingerprint density at radius 1 is 1.19 bits per heavy atom. The van der Waals surface area contributed by atoms with Gasteiger partial charge >= 0.3 is 0 Å². The Hall–Kier alpha value is -2.41. The summed E-state index contributed by atoms with van der Waals surface area (Å²) in [6.07, 6.45) is 0. The molecule has 3 N–H and O–H groups in total. The zero-order valence-corrected chi connectivity index (χ0v) is 11.9. The van der Waals surface area contributed by atoms with Crippen molar-refractivity contribution in [1.82, 2.24) is 0 Å². The van der Waals surface area contributed by atoms with Gasteiger partial charge in [-0.1, -0.05) is 12.1 Å². The molecule has 110 valence electrons. The van der Waals surface area contributed by atoms with Gasteiger partial charge in [0.2, 0.25) is 0 Å². The van der Waals surface area contributed by atoms with Crippen LogP contribution < -0.4 is 10.5 Å². The highest BCUT2D eigenvalue weighted by Crippen LogP contribution is 2.21. The molecule has 0 spiro atoms. The summed E-state index contributed by atoms with van der Waals surface area (Å²) in [5, 5.41) is 0. The van der Waals surface area contributed by atoms with Crippen molar-refractivity contribution in [3.63, 3.8) is 0 Å². The van der Waals surface area contributed by atoms with E-state index in [-0.39, 0.29) is 17.2 Å². The van der Waals surface area contributed by atoms with Crippen LogP contribution >= 0.6 is 0 Å². The van der Waals surface area contributed by atoms with Crippen LogP contribution in [0.25, 0.3) is 0 Å². The minimum atomic E-state index is -4.10. The zero-order chi connectivity index (χ0) is 15.6. The Balaban J connectivity index is 2.37. The molecular weight excluding hydrogens is 295 g/mol. The smallest absolute Gasteiger partial charge is 0.264 e. The molecule has 7 heteroatoms. The average Bonchev–Trinajstić information content (AvgIpc) is 2.37. The molecule has 5 nitrogen and oxygen atoms in total. The predicted molar refractivity (Wildman–Crippen MR) is 78.1 cm³/mol. The number of benzene rings is 2. The van der Waals surface area contributed by atoms with E-state index in [1.54, 1.807) is 6.07 Å². The number of sulfonamides is 1. The second-order valence-electron chi connectivity index (χ2n) is 4.43. The van der Waals surface area contributed by atoms with Crippen LogP contribution in [0.4, 0.5) is 15.8 Å². The Kier molecular flexibility index (Phi) is 3.95. The first-order chi connectivity index (χ1) is 9.79. The standard InChI is InChI=1S/C14H13FN2O3S/c1-9(18)10-3-2-4-12(7-10)17-21(19,20)14-6-5-11(16)8-13(14)15/h2-8,17H,16H2,1H3. The van der Waals surface area contributed by atoms with Gasteiger partial charge in [0.15, 0.2) is 5.78 Å². The molecule has 0 saturated carbocycles. The molecule has 2 aromatic carbocycles. The average molecular weight is 308 g/mol. The fourth-order valence-electron chi connectivity index (χ4n) is 1.75. The van der Waals surface area contributed by atoms with Gasteiger partial charge < -0.3 is 5.73 Å². The molecule has 0 unspecified atom stereocenters.